The summed E-state index contributed by atoms with van der Waals surface area (Å²) < 4.78 is 4.60. The van der Waals surface area contributed by atoms with Crippen LogP contribution in [-0.2, 0) is 14.3 Å². The number of esters is 1. The molecule has 0 saturated heterocycles. The fourth-order valence-corrected chi connectivity index (χ4v) is 0.831. The molecule has 0 spiro atoms. The number of ketones is 1. The van der Waals surface area contributed by atoms with Crippen LogP contribution in [0.2, 0.25) is 0 Å². The molecule has 0 fully saturated rings. The molecule has 0 aromatic heterocycles. The molecule has 0 rings (SSSR count). The summed E-state index contributed by atoms with van der Waals surface area (Å²) in [6.45, 7) is 3.60. The minimum atomic E-state index is -0.494. The smallest absolute Gasteiger partial charge is 0.313 e. The molecule has 0 aromatic rings. The van der Waals surface area contributed by atoms with Gasteiger partial charge in [-0.2, -0.15) is 0 Å². The number of Topliss-reactive ketones (excluding diaryl/α,β-unsaturated/α-hetero) is 1. The second-order valence-corrected chi connectivity index (χ2v) is 2.91. The van der Waals surface area contributed by atoms with Crippen molar-refractivity contribution in [2.24, 2.45) is 0 Å². The van der Waals surface area contributed by atoms with Gasteiger partial charge in [-0.15, -0.1) is 0 Å². The fourth-order valence-electron chi connectivity index (χ4n) is 0.831. The molecule has 0 aliphatic heterocycles. The summed E-state index contributed by atoms with van der Waals surface area (Å²) in [5.41, 5.74) is 0. The molecule has 0 aliphatic carbocycles. The topological polar surface area (TPSA) is 63.6 Å². The van der Waals surface area contributed by atoms with Gasteiger partial charge in [0.1, 0.15) is 12.2 Å². The SMILES string of the molecule is CCOC(=O)CC(=O)CCC(C)O. The third-order valence-corrected chi connectivity index (χ3v) is 1.49. The van der Waals surface area contributed by atoms with Gasteiger partial charge in [0.15, 0.2) is 0 Å². The molecule has 0 bridgehead atoms. The summed E-state index contributed by atoms with van der Waals surface area (Å²) in [5.74, 6) is -0.669. The lowest BCUT2D eigenvalue weighted by Crippen LogP contribution is -2.12. The maximum absolute atomic E-state index is 11.0. The second kappa shape index (κ2) is 6.60. The van der Waals surface area contributed by atoms with E-state index >= 15 is 0 Å². The Hall–Kier alpha value is -0.900. The van der Waals surface area contributed by atoms with Gasteiger partial charge >= 0.3 is 5.97 Å². The molecule has 4 nitrogen and oxygen atoms in total. The van der Waals surface area contributed by atoms with E-state index in [0.29, 0.717) is 13.0 Å². The molecule has 0 radical (unpaired) electrons. The van der Waals surface area contributed by atoms with Crippen molar-refractivity contribution < 1.29 is 19.4 Å². The summed E-state index contributed by atoms with van der Waals surface area (Å²) in [7, 11) is 0. The van der Waals surface area contributed by atoms with E-state index in [-0.39, 0.29) is 18.6 Å². The Kier molecular flexibility index (Phi) is 6.14. The summed E-state index contributed by atoms with van der Waals surface area (Å²) in [6.07, 6.45) is -0.0407. The molecule has 1 N–H and O–H groups in total. The van der Waals surface area contributed by atoms with Crippen molar-refractivity contribution in [3.8, 4) is 0 Å². The summed E-state index contributed by atoms with van der Waals surface area (Å²) in [4.78, 5) is 21.8. The molecule has 0 amide bonds. The van der Waals surface area contributed by atoms with E-state index < -0.39 is 12.1 Å². The Morgan fingerprint density at radius 2 is 2.08 bits per heavy atom. The maximum atomic E-state index is 11.0. The number of aliphatic hydroxyl groups excluding tert-OH is 1. The highest BCUT2D eigenvalue weighted by molar-refractivity contribution is 5.95. The van der Waals surface area contributed by atoms with E-state index in [2.05, 4.69) is 4.74 Å². The number of rotatable bonds is 6. The largest absolute Gasteiger partial charge is 0.466 e. The van der Waals surface area contributed by atoms with Crippen LogP contribution in [0.25, 0.3) is 0 Å². The Labute approximate surface area is 77.9 Å². The molecule has 76 valence electrons. The third kappa shape index (κ3) is 7.46. The van der Waals surface area contributed by atoms with Crippen LogP contribution in [0, 0.1) is 0 Å². The fraction of sp³-hybridized carbons (Fsp3) is 0.778. The van der Waals surface area contributed by atoms with Gasteiger partial charge in [0.2, 0.25) is 0 Å². The van der Waals surface area contributed by atoms with Crippen LogP contribution in [0.5, 0.6) is 0 Å². The van der Waals surface area contributed by atoms with E-state index in [9.17, 15) is 9.59 Å². The maximum Gasteiger partial charge on any atom is 0.313 e. The normalized spacial score (nSPS) is 12.2. The zero-order valence-corrected chi connectivity index (χ0v) is 8.08. The van der Waals surface area contributed by atoms with E-state index in [1.807, 2.05) is 0 Å². The number of carbonyl (C=O) groups excluding carboxylic acids is 2. The average molecular weight is 188 g/mol. The first-order chi connectivity index (χ1) is 6.06. The van der Waals surface area contributed by atoms with Gasteiger partial charge in [-0.3, -0.25) is 9.59 Å². The van der Waals surface area contributed by atoms with Crippen LogP contribution < -0.4 is 0 Å². The Balaban J connectivity index is 3.56. The lowest BCUT2D eigenvalue weighted by atomic mass is 10.1. The highest BCUT2D eigenvalue weighted by Crippen LogP contribution is 2.00. The summed E-state index contributed by atoms with van der Waals surface area (Å²) in [5, 5.41) is 8.87. The first kappa shape index (κ1) is 12.1. The van der Waals surface area contributed by atoms with Crippen LogP contribution in [0.1, 0.15) is 33.1 Å². The molecular weight excluding hydrogens is 172 g/mol. The highest BCUT2D eigenvalue weighted by atomic mass is 16.5. The van der Waals surface area contributed by atoms with Crippen molar-refractivity contribution in [3.05, 3.63) is 0 Å². The van der Waals surface area contributed by atoms with Gasteiger partial charge < -0.3 is 9.84 Å². The van der Waals surface area contributed by atoms with Crippen molar-refractivity contribution in [1.29, 1.82) is 0 Å². The van der Waals surface area contributed by atoms with Gasteiger partial charge in [0.05, 0.1) is 12.7 Å². The molecule has 1 atom stereocenters. The molecule has 0 saturated carbocycles. The zero-order valence-electron chi connectivity index (χ0n) is 8.08. The molecule has 0 aromatic carbocycles. The number of hydrogen-bond acceptors (Lipinski definition) is 4. The van der Waals surface area contributed by atoms with Crippen LogP contribution in [0.15, 0.2) is 0 Å². The van der Waals surface area contributed by atoms with Crippen molar-refractivity contribution in [1.82, 2.24) is 0 Å². The summed E-state index contributed by atoms with van der Waals surface area (Å²) in [6, 6.07) is 0. The van der Waals surface area contributed by atoms with Gasteiger partial charge in [0, 0.05) is 6.42 Å². The Bertz CT molecular complexity index is 174. The number of aliphatic hydroxyl groups is 1. The highest BCUT2D eigenvalue weighted by Gasteiger charge is 2.10. The molecule has 0 heterocycles. The van der Waals surface area contributed by atoms with Gasteiger partial charge in [-0.25, -0.2) is 0 Å². The third-order valence-electron chi connectivity index (χ3n) is 1.49. The van der Waals surface area contributed by atoms with E-state index in [1.165, 1.54) is 0 Å². The van der Waals surface area contributed by atoms with Gasteiger partial charge in [-0.05, 0) is 20.3 Å². The van der Waals surface area contributed by atoms with Crippen LogP contribution in [-0.4, -0.2) is 29.6 Å². The van der Waals surface area contributed by atoms with Crippen LogP contribution in [0.3, 0.4) is 0 Å². The van der Waals surface area contributed by atoms with E-state index in [0.717, 1.165) is 0 Å². The number of hydrogen-bond donors (Lipinski definition) is 1. The van der Waals surface area contributed by atoms with Crippen molar-refractivity contribution in [2.45, 2.75) is 39.2 Å². The minimum Gasteiger partial charge on any atom is -0.466 e. The van der Waals surface area contributed by atoms with Crippen molar-refractivity contribution in [2.75, 3.05) is 6.61 Å². The predicted molar refractivity (Wildman–Crippen MR) is 47.2 cm³/mol. The molecular formula is C9H16O4. The summed E-state index contributed by atoms with van der Waals surface area (Å²) >= 11 is 0. The lowest BCUT2D eigenvalue weighted by molar-refractivity contribution is -0.145. The molecule has 0 aliphatic rings. The number of carbonyl (C=O) groups is 2. The molecule has 13 heavy (non-hydrogen) atoms. The monoisotopic (exact) mass is 188 g/mol. The zero-order chi connectivity index (χ0) is 10.3. The predicted octanol–water partition coefficient (Wildman–Crippen LogP) is 0.670. The Morgan fingerprint density at radius 1 is 1.46 bits per heavy atom. The average Bonchev–Trinajstić information content (AvgIpc) is 2.01. The van der Waals surface area contributed by atoms with Crippen LogP contribution in [0.4, 0.5) is 0 Å². The number of ether oxygens (including phenoxy) is 1. The first-order valence-electron chi connectivity index (χ1n) is 4.41. The van der Waals surface area contributed by atoms with E-state index in [1.54, 1.807) is 13.8 Å². The van der Waals surface area contributed by atoms with Gasteiger partial charge in [-0.1, -0.05) is 0 Å². The minimum absolute atomic E-state index is 0.180. The van der Waals surface area contributed by atoms with Crippen molar-refractivity contribution in [3.63, 3.8) is 0 Å². The quantitative estimate of drug-likeness (QED) is 0.491. The lowest BCUT2D eigenvalue weighted by Gasteiger charge is -2.03. The van der Waals surface area contributed by atoms with E-state index in [4.69, 9.17) is 5.11 Å². The van der Waals surface area contributed by atoms with Gasteiger partial charge in [0.25, 0.3) is 0 Å². The molecule has 4 heteroatoms. The first-order valence-corrected chi connectivity index (χ1v) is 4.41. The van der Waals surface area contributed by atoms with Crippen LogP contribution >= 0.6 is 0 Å². The standard InChI is InChI=1S/C9H16O4/c1-3-13-9(12)6-8(11)5-4-7(2)10/h7,10H,3-6H2,1-2H3. The van der Waals surface area contributed by atoms with Crippen molar-refractivity contribution >= 4 is 11.8 Å². The Morgan fingerprint density at radius 3 is 2.54 bits per heavy atom. The molecule has 1 unspecified atom stereocenters. The second-order valence-electron chi connectivity index (χ2n) is 2.91.